The van der Waals surface area contributed by atoms with Gasteiger partial charge >= 0.3 is 0 Å². The van der Waals surface area contributed by atoms with Gasteiger partial charge in [0.2, 0.25) is 0 Å². The third-order valence-corrected chi connectivity index (χ3v) is 5.72. The molecule has 2 aromatic rings. The Kier molecular flexibility index (Phi) is 4.95. The molecule has 2 fully saturated rings. The van der Waals surface area contributed by atoms with E-state index < -0.39 is 11.8 Å². The zero-order valence-electron chi connectivity index (χ0n) is 14.6. The van der Waals surface area contributed by atoms with Crippen molar-refractivity contribution in [2.75, 3.05) is 24.5 Å². The van der Waals surface area contributed by atoms with Crippen molar-refractivity contribution >= 4 is 23.3 Å². The number of hydrogen-bond acceptors (Lipinski definition) is 4. The van der Waals surface area contributed by atoms with Crippen LogP contribution >= 0.6 is 11.6 Å². The molecule has 27 heavy (non-hydrogen) atoms. The summed E-state index contributed by atoms with van der Waals surface area (Å²) in [6.07, 6.45) is 5.39. The van der Waals surface area contributed by atoms with Crippen LogP contribution in [0.15, 0.2) is 30.6 Å². The normalized spacial score (nSPS) is 22.5. The minimum atomic E-state index is -0.569. The Morgan fingerprint density at radius 2 is 1.96 bits per heavy atom. The van der Waals surface area contributed by atoms with Crippen LogP contribution in [-0.4, -0.2) is 46.5 Å². The summed E-state index contributed by atoms with van der Waals surface area (Å²) in [5, 5.41) is -0.0534. The van der Waals surface area contributed by atoms with Crippen molar-refractivity contribution in [1.82, 2.24) is 14.9 Å². The van der Waals surface area contributed by atoms with Crippen molar-refractivity contribution in [2.24, 2.45) is 5.92 Å². The van der Waals surface area contributed by atoms with Crippen LogP contribution < -0.4 is 4.90 Å². The van der Waals surface area contributed by atoms with E-state index in [4.69, 9.17) is 11.6 Å². The maximum Gasteiger partial charge on any atom is 0.255 e. The molecule has 1 amide bonds. The Balaban J connectivity index is 1.52. The number of rotatable bonds is 2. The van der Waals surface area contributed by atoms with E-state index in [1.165, 1.54) is 30.6 Å². The van der Waals surface area contributed by atoms with Gasteiger partial charge in [-0.2, -0.15) is 4.39 Å². The van der Waals surface area contributed by atoms with Gasteiger partial charge in [-0.1, -0.05) is 11.6 Å². The fourth-order valence-corrected chi connectivity index (χ4v) is 4.35. The first kappa shape index (κ1) is 18.1. The molecular weight excluding hydrogens is 374 g/mol. The average Bonchev–Trinajstić information content (AvgIpc) is 2.69. The van der Waals surface area contributed by atoms with Crippen molar-refractivity contribution in [2.45, 2.75) is 25.3 Å². The Morgan fingerprint density at radius 3 is 2.74 bits per heavy atom. The van der Waals surface area contributed by atoms with Gasteiger partial charge in [-0.15, -0.1) is 0 Å². The number of carbonyl (C=O) groups is 1. The fourth-order valence-electron chi connectivity index (χ4n) is 4.17. The maximum absolute atomic E-state index is 14.0. The molecule has 2 saturated heterocycles. The lowest BCUT2D eigenvalue weighted by atomic mass is 9.83. The van der Waals surface area contributed by atoms with E-state index in [-0.39, 0.29) is 28.7 Å². The van der Waals surface area contributed by atoms with E-state index in [1.54, 1.807) is 0 Å². The number of halogens is 3. The monoisotopic (exact) mass is 392 g/mol. The minimum absolute atomic E-state index is 0.0534. The highest BCUT2D eigenvalue weighted by atomic mass is 35.5. The van der Waals surface area contributed by atoms with Crippen LogP contribution in [0.5, 0.6) is 0 Å². The SMILES string of the molecule is O=C(c1ccc(F)c(Cl)c1)N1CCCC2CN(c3nccnc3F)CCC21. The molecule has 0 saturated carbocycles. The van der Waals surface area contributed by atoms with E-state index in [9.17, 15) is 13.6 Å². The van der Waals surface area contributed by atoms with Crippen molar-refractivity contribution in [3.63, 3.8) is 0 Å². The van der Waals surface area contributed by atoms with Crippen molar-refractivity contribution in [3.8, 4) is 0 Å². The smallest absolute Gasteiger partial charge is 0.255 e. The number of amides is 1. The van der Waals surface area contributed by atoms with Gasteiger partial charge in [0.1, 0.15) is 5.82 Å². The number of carbonyl (C=O) groups excluding carboxylic acids is 1. The molecule has 2 unspecified atom stereocenters. The number of hydrogen-bond donors (Lipinski definition) is 0. The van der Waals surface area contributed by atoms with E-state index in [2.05, 4.69) is 9.97 Å². The fraction of sp³-hybridized carbons (Fsp3) is 0.421. The number of anilines is 1. The number of aromatic nitrogens is 2. The van der Waals surface area contributed by atoms with Crippen LogP contribution in [0.4, 0.5) is 14.6 Å². The van der Waals surface area contributed by atoms with Gasteiger partial charge in [-0.05, 0) is 43.4 Å². The Morgan fingerprint density at radius 1 is 1.15 bits per heavy atom. The summed E-state index contributed by atoms with van der Waals surface area (Å²) in [5.41, 5.74) is 0.393. The van der Waals surface area contributed by atoms with Gasteiger partial charge in [0.05, 0.1) is 5.02 Å². The second-order valence-corrected chi connectivity index (χ2v) is 7.41. The van der Waals surface area contributed by atoms with E-state index in [0.717, 1.165) is 19.3 Å². The van der Waals surface area contributed by atoms with E-state index in [1.807, 2.05) is 9.80 Å². The van der Waals surface area contributed by atoms with Crippen LogP contribution in [0.2, 0.25) is 5.02 Å². The summed E-state index contributed by atoms with van der Waals surface area (Å²) < 4.78 is 27.4. The molecular formula is C19H19ClF2N4O. The lowest BCUT2D eigenvalue weighted by Crippen LogP contribution is -2.56. The molecule has 0 spiro atoms. The molecule has 3 heterocycles. The standard InChI is InChI=1S/C19H19ClF2N4O/c20-14-10-12(3-4-15(14)21)19(27)26-8-1-2-13-11-25(9-5-16(13)26)18-17(22)23-6-7-24-18/h3-4,6-7,10,13,16H,1-2,5,8-9,11H2. The number of nitrogens with zero attached hydrogens (tertiary/aromatic N) is 4. The molecule has 4 rings (SSSR count). The van der Waals surface area contributed by atoms with Gasteiger partial charge < -0.3 is 9.80 Å². The first-order valence-corrected chi connectivity index (χ1v) is 9.40. The van der Waals surface area contributed by atoms with Crippen molar-refractivity contribution in [1.29, 1.82) is 0 Å². The minimum Gasteiger partial charge on any atom is -0.352 e. The largest absolute Gasteiger partial charge is 0.352 e. The van der Waals surface area contributed by atoms with Crippen molar-refractivity contribution in [3.05, 3.63) is 52.9 Å². The molecule has 0 aliphatic carbocycles. The zero-order valence-corrected chi connectivity index (χ0v) is 15.4. The zero-order chi connectivity index (χ0) is 19.0. The average molecular weight is 393 g/mol. The first-order valence-electron chi connectivity index (χ1n) is 9.02. The number of fused-ring (bicyclic) bond motifs is 1. The molecule has 2 aliphatic rings. The molecule has 2 aliphatic heterocycles. The highest BCUT2D eigenvalue weighted by Gasteiger charge is 2.39. The van der Waals surface area contributed by atoms with E-state index >= 15 is 0 Å². The molecule has 0 bridgehead atoms. The second-order valence-electron chi connectivity index (χ2n) is 7.00. The molecule has 0 N–H and O–H groups in total. The summed E-state index contributed by atoms with van der Waals surface area (Å²) in [6, 6.07) is 4.15. The highest BCUT2D eigenvalue weighted by molar-refractivity contribution is 6.31. The third-order valence-electron chi connectivity index (χ3n) is 5.43. The number of benzene rings is 1. The van der Waals surface area contributed by atoms with Gasteiger partial charge in [0, 0.05) is 43.6 Å². The first-order chi connectivity index (χ1) is 13.0. The predicted molar refractivity (Wildman–Crippen MR) is 97.8 cm³/mol. The second kappa shape index (κ2) is 7.38. The van der Waals surface area contributed by atoms with Gasteiger partial charge in [-0.25, -0.2) is 14.4 Å². The quantitative estimate of drug-likeness (QED) is 0.784. The van der Waals surface area contributed by atoms with Gasteiger partial charge in [0.15, 0.2) is 5.82 Å². The molecule has 0 radical (unpaired) electrons. The molecule has 1 aromatic heterocycles. The van der Waals surface area contributed by atoms with E-state index in [0.29, 0.717) is 25.2 Å². The van der Waals surface area contributed by atoms with Crippen LogP contribution in [0, 0.1) is 17.7 Å². The summed E-state index contributed by atoms with van der Waals surface area (Å²) in [5.74, 6) is -0.742. The van der Waals surface area contributed by atoms with Gasteiger partial charge in [-0.3, -0.25) is 4.79 Å². The third kappa shape index (κ3) is 3.48. The van der Waals surface area contributed by atoms with Crippen LogP contribution in [0.25, 0.3) is 0 Å². The molecule has 2 atom stereocenters. The Bertz CT molecular complexity index is 865. The number of likely N-dealkylation sites (tertiary alicyclic amines) is 1. The molecule has 1 aromatic carbocycles. The van der Waals surface area contributed by atoms with Crippen LogP contribution in [-0.2, 0) is 0 Å². The maximum atomic E-state index is 14.0. The van der Waals surface area contributed by atoms with Crippen LogP contribution in [0.3, 0.4) is 0 Å². The number of piperidine rings is 2. The molecule has 5 nitrogen and oxygen atoms in total. The van der Waals surface area contributed by atoms with Crippen LogP contribution in [0.1, 0.15) is 29.6 Å². The lowest BCUT2D eigenvalue weighted by Gasteiger charge is -2.47. The topological polar surface area (TPSA) is 49.3 Å². The summed E-state index contributed by atoms with van der Waals surface area (Å²) in [7, 11) is 0. The van der Waals surface area contributed by atoms with Gasteiger partial charge in [0.25, 0.3) is 11.9 Å². The highest BCUT2D eigenvalue weighted by Crippen LogP contribution is 2.33. The molecule has 8 heteroatoms. The predicted octanol–water partition coefficient (Wildman–Crippen LogP) is 3.54. The summed E-state index contributed by atoms with van der Waals surface area (Å²) in [4.78, 5) is 24.5. The lowest BCUT2D eigenvalue weighted by molar-refractivity contribution is 0.0447. The summed E-state index contributed by atoms with van der Waals surface area (Å²) >= 11 is 5.84. The Labute approximate surface area is 161 Å². The Hall–Kier alpha value is -2.28. The summed E-state index contributed by atoms with van der Waals surface area (Å²) in [6.45, 7) is 1.90. The molecule has 142 valence electrons. The van der Waals surface area contributed by atoms with Crippen molar-refractivity contribution < 1.29 is 13.6 Å².